The van der Waals surface area contributed by atoms with Crippen molar-refractivity contribution in [1.82, 2.24) is 15.5 Å². The van der Waals surface area contributed by atoms with E-state index in [0.29, 0.717) is 12.6 Å². The molecule has 0 spiro atoms. The predicted octanol–water partition coefficient (Wildman–Crippen LogP) is 1.81. The van der Waals surface area contributed by atoms with Gasteiger partial charge in [0.05, 0.1) is 13.2 Å². The molecule has 1 aromatic rings. The molecule has 2 rings (SSSR count). The molecule has 1 aliphatic heterocycles. The van der Waals surface area contributed by atoms with Crippen LogP contribution in [0.25, 0.3) is 0 Å². The molecule has 1 aromatic carbocycles. The molecule has 2 unspecified atom stereocenters. The van der Waals surface area contributed by atoms with Gasteiger partial charge in [-0.2, -0.15) is 0 Å². The Labute approximate surface area is 145 Å². The minimum absolute atomic E-state index is 0. The lowest BCUT2D eigenvalue weighted by atomic mass is 10.0. The Morgan fingerprint density at radius 1 is 1.48 bits per heavy atom. The number of hydrogen-bond donors (Lipinski definition) is 2. The van der Waals surface area contributed by atoms with Gasteiger partial charge in [-0.25, -0.2) is 0 Å². The highest BCUT2D eigenvalue weighted by molar-refractivity contribution is 5.85. The maximum atomic E-state index is 12.4. The molecule has 1 heterocycles. The van der Waals surface area contributed by atoms with Gasteiger partial charge in [0.15, 0.2) is 0 Å². The Bertz CT molecular complexity index is 498. The van der Waals surface area contributed by atoms with Gasteiger partial charge in [0.25, 0.3) is 0 Å². The first kappa shape index (κ1) is 19.7. The fourth-order valence-corrected chi connectivity index (χ4v) is 2.88. The Kier molecular flexibility index (Phi) is 8.37. The number of carbonyl (C=O) groups is 1. The van der Waals surface area contributed by atoms with Crippen LogP contribution in [0.1, 0.15) is 25.3 Å². The van der Waals surface area contributed by atoms with Crippen LogP contribution in [0.15, 0.2) is 24.3 Å². The Morgan fingerprint density at radius 2 is 2.26 bits per heavy atom. The number of piperidine rings is 1. The van der Waals surface area contributed by atoms with E-state index in [4.69, 9.17) is 4.74 Å². The van der Waals surface area contributed by atoms with Gasteiger partial charge in [0.1, 0.15) is 5.75 Å². The summed E-state index contributed by atoms with van der Waals surface area (Å²) < 4.78 is 5.20. The lowest BCUT2D eigenvalue weighted by molar-refractivity contribution is -0.126. The summed E-state index contributed by atoms with van der Waals surface area (Å²) >= 11 is 0. The topological polar surface area (TPSA) is 53.6 Å². The van der Waals surface area contributed by atoms with Crippen LogP contribution in [0.5, 0.6) is 5.75 Å². The van der Waals surface area contributed by atoms with Gasteiger partial charge < -0.3 is 15.4 Å². The second-order valence-electron chi connectivity index (χ2n) is 5.87. The third-order valence-corrected chi connectivity index (χ3v) is 4.39. The molecule has 0 radical (unpaired) electrons. The quantitative estimate of drug-likeness (QED) is 0.828. The molecule has 130 valence electrons. The zero-order valence-corrected chi connectivity index (χ0v) is 15.0. The summed E-state index contributed by atoms with van der Waals surface area (Å²) in [4.78, 5) is 14.6. The van der Waals surface area contributed by atoms with E-state index in [-0.39, 0.29) is 24.4 Å². The van der Waals surface area contributed by atoms with E-state index < -0.39 is 0 Å². The second-order valence-corrected chi connectivity index (χ2v) is 5.87. The molecule has 2 atom stereocenters. The maximum absolute atomic E-state index is 12.4. The van der Waals surface area contributed by atoms with Crippen LogP contribution in [0.2, 0.25) is 0 Å². The maximum Gasteiger partial charge on any atom is 0.237 e. The number of nitrogens with zero attached hydrogens (tertiary/aromatic N) is 1. The van der Waals surface area contributed by atoms with Crippen LogP contribution in [0, 0.1) is 0 Å². The van der Waals surface area contributed by atoms with Crippen molar-refractivity contribution in [3.63, 3.8) is 0 Å². The van der Waals surface area contributed by atoms with Crippen molar-refractivity contribution >= 4 is 18.3 Å². The molecule has 0 saturated carbocycles. The van der Waals surface area contributed by atoms with Crippen LogP contribution in [0.3, 0.4) is 0 Å². The Balaban J connectivity index is 0.00000264. The average Bonchev–Trinajstić information content (AvgIpc) is 2.59. The molecule has 2 N–H and O–H groups in total. The molecule has 0 aromatic heterocycles. The van der Waals surface area contributed by atoms with E-state index in [1.807, 2.05) is 38.2 Å². The number of ether oxygens (including phenoxy) is 1. The zero-order valence-electron chi connectivity index (χ0n) is 14.2. The van der Waals surface area contributed by atoms with Crippen molar-refractivity contribution < 1.29 is 9.53 Å². The van der Waals surface area contributed by atoms with Crippen LogP contribution in [0.4, 0.5) is 0 Å². The summed E-state index contributed by atoms with van der Waals surface area (Å²) in [5.41, 5.74) is 1.05. The molecule has 1 fully saturated rings. The first-order valence-corrected chi connectivity index (χ1v) is 7.96. The standard InChI is InChI=1S/C17H27N3O2.ClH/c1-13(20-9-5-7-15(12-20)18-2)17(21)19-11-14-6-4-8-16(10-14)22-3;/h4,6,8,10,13,15,18H,5,7,9,11-12H2,1-3H3,(H,19,21);1H. The van der Waals surface area contributed by atoms with Crippen molar-refractivity contribution in [3.8, 4) is 5.75 Å². The van der Waals surface area contributed by atoms with Gasteiger partial charge in [-0.05, 0) is 51.1 Å². The van der Waals surface area contributed by atoms with E-state index in [1.54, 1.807) is 7.11 Å². The summed E-state index contributed by atoms with van der Waals surface area (Å²) in [6.07, 6.45) is 2.32. The van der Waals surface area contributed by atoms with Crippen molar-refractivity contribution in [2.45, 2.75) is 38.4 Å². The minimum atomic E-state index is -0.0956. The number of benzene rings is 1. The first-order valence-electron chi connectivity index (χ1n) is 7.96. The number of amides is 1. The highest BCUT2D eigenvalue weighted by Gasteiger charge is 2.26. The van der Waals surface area contributed by atoms with Crippen molar-refractivity contribution in [3.05, 3.63) is 29.8 Å². The SMILES string of the molecule is CNC1CCCN(C(C)C(=O)NCc2cccc(OC)c2)C1.Cl. The van der Waals surface area contributed by atoms with Crippen molar-refractivity contribution in [2.24, 2.45) is 0 Å². The van der Waals surface area contributed by atoms with Gasteiger partial charge in [0, 0.05) is 19.1 Å². The fraction of sp³-hybridized carbons (Fsp3) is 0.588. The lowest BCUT2D eigenvalue weighted by Gasteiger charge is -2.35. The van der Waals surface area contributed by atoms with Gasteiger partial charge >= 0.3 is 0 Å². The van der Waals surface area contributed by atoms with Gasteiger partial charge in [-0.15, -0.1) is 12.4 Å². The number of likely N-dealkylation sites (tertiary alicyclic amines) is 1. The number of hydrogen-bond acceptors (Lipinski definition) is 4. The van der Waals surface area contributed by atoms with Crippen LogP contribution >= 0.6 is 12.4 Å². The molecule has 6 heteroatoms. The van der Waals surface area contributed by atoms with Crippen LogP contribution < -0.4 is 15.4 Å². The number of halogens is 1. The molecule has 5 nitrogen and oxygen atoms in total. The third-order valence-electron chi connectivity index (χ3n) is 4.39. The molecule has 1 saturated heterocycles. The largest absolute Gasteiger partial charge is 0.497 e. The molecule has 0 aliphatic carbocycles. The van der Waals surface area contributed by atoms with E-state index in [9.17, 15) is 4.79 Å². The fourth-order valence-electron chi connectivity index (χ4n) is 2.88. The molecule has 1 amide bonds. The van der Waals surface area contributed by atoms with Crippen LogP contribution in [-0.4, -0.2) is 50.1 Å². The highest BCUT2D eigenvalue weighted by Crippen LogP contribution is 2.14. The lowest BCUT2D eigenvalue weighted by Crippen LogP contribution is -2.52. The second kappa shape index (κ2) is 9.75. The number of rotatable bonds is 6. The molecule has 23 heavy (non-hydrogen) atoms. The predicted molar refractivity (Wildman–Crippen MR) is 95.2 cm³/mol. The summed E-state index contributed by atoms with van der Waals surface area (Å²) in [5, 5.41) is 6.33. The smallest absolute Gasteiger partial charge is 0.237 e. The van der Waals surface area contributed by atoms with E-state index in [2.05, 4.69) is 15.5 Å². The summed E-state index contributed by atoms with van der Waals surface area (Å²) in [7, 11) is 3.63. The monoisotopic (exact) mass is 341 g/mol. The summed E-state index contributed by atoms with van der Waals surface area (Å²) in [6.45, 7) is 4.44. The van der Waals surface area contributed by atoms with E-state index in [0.717, 1.165) is 30.8 Å². The Morgan fingerprint density at radius 3 is 2.96 bits per heavy atom. The first-order chi connectivity index (χ1) is 10.6. The van der Waals surface area contributed by atoms with E-state index in [1.165, 1.54) is 6.42 Å². The average molecular weight is 342 g/mol. The molecular weight excluding hydrogens is 314 g/mol. The number of methoxy groups -OCH3 is 1. The number of nitrogens with one attached hydrogen (secondary N) is 2. The number of likely N-dealkylation sites (N-methyl/N-ethyl adjacent to an activating group) is 1. The minimum Gasteiger partial charge on any atom is -0.497 e. The highest BCUT2D eigenvalue weighted by atomic mass is 35.5. The van der Waals surface area contributed by atoms with Gasteiger partial charge in [-0.1, -0.05) is 12.1 Å². The van der Waals surface area contributed by atoms with Gasteiger partial charge in [0.2, 0.25) is 5.91 Å². The van der Waals surface area contributed by atoms with E-state index >= 15 is 0 Å². The van der Waals surface area contributed by atoms with Crippen LogP contribution in [-0.2, 0) is 11.3 Å². The van der Waals surface area contributed by atoms with Crippen molar-refractivity contribution in [1.29, 1.82) is 0 Å². The van der Waals surface area contributed by atoms with Crippen molar-refractivity contribution in [2.75, 3.05) is 27.2 Å². The zero-order chi connectivity index (χ0) is 15.9. The third kappa shape index (κ3) is 5.68. The normalized spacial score (nSPS) is 19.5. The molecular formula is C17H28ClN3O2. The number of carbonyl (C=O) groups excluding carboxylic acids is 1. The summed E-state index contributed by atoms with van der Waals surface area (Å²) in [6, 6.07) is 8.17. The molecule has 1 aliphatic rings. The summed E-state index contributed by atoms with van der Waals surface area (Å²) in [5.74, 6) is 0.896. The van der Waals surface area contributed by atoms with Gasteiger partial charge in [-0.3, -0.25) is 9.69 Å². The Hall–Kier alpha value is -1.30. The molecule has 0 bridgehead atoms.